The fourth-order valence-corrected chi connectivity index (χ4v) is 3.05. The summed E-state index contributed by atoms with van der Waals surface area (Å²) >= 11 is 6.11. The summed E-state index contributed by atoms with van der Waals surface area (Å²) in [5, 5.41) is 7.75. The third-order valence-electron chi connectivity index (χ3n) is 4.07. The maximum atomic E-state index is 12.3. The molecule has 1 fully saturated rings. The Morgan fingerprint density at radius 3 is 3.00 bits per heavy atom. The molecule has 2 heterocycles. The van der Waals surface area contributed by atoms with E-state index in [-0.39, 0.29) is 18.3 Å². The Kier molecular flexibility index (Phi) is 5.73. The monoisotopic (exact) mass is 342 g/mol. The quantitative estimate of drug-likeness (QED) is 0.896. The van der Waals surface area contributed by atoms with E-state index in [1.54, 1.807) is 6.07 Å². The van der Waals surface area contributed by atoms with E-state index in [4.69, 9.17) is 16.0 Å². The lowest BCUT2D eigenvalue weighted by molar-refractivity contribution is 0.0918. The molecule has 0 spiro atoms. The first-order chi connectivity index (χ1) is 10.2. The molecule has 1 saturated heterocycles. The zero-order valence-electron chi connectivity index (χ0n) is 12.4. The van der Waals surface area contributed by atoms with Crippen LogP contribution in [0.1, 0.15) is 29.0 Å². The Hall–Kier alpha value is -1.23. The first-order valence-corrected chi connectivity index (χ1v) is 7.71. The van der Waals surface area contributed by atoms with Crippen LogP contribution in [0.25, 0.3) is 11.0 Å². The number of piperidine rings is 1. The molecule has 1 aliphatic rings. The lowest BCUT2D eigenvalue weighted by Crippen LogP contribution is -2.38. The second kappa shape index (κ2) is 7.36. The first-order valence-electron chi connectivity index (χ1n) is 7.33. The van der Waals surface area contributed by atoms with Gasteiger partial charge in [0, 0.05) is 17.5 Å². The zero-order valence-corrected chi connectivity index (χ0v) is 14.0. The number of amides is 1. The van der Waals surface area contributed by atoms with Gasteiger partial charge in [-0.3, -0.25) is 4.79 Å². The van der Waals surface area contributed by atoms with Gasteiger partial charge in [0.2, 0.25) is 0 Å². The SMILES string of the molecule is Cc1c(C(=O)NCC2CCCNC2)oc2c(Cl)cccc12.Cl. The van der Waals surface area contributed by atoms with Crippen molar-refractivity contribution in [1.82, 2.24) is 10.6 Å². The Bertz CT molecular complexity index is 663. The molecule has 2 aromatic rings. The van der Waals surface area contributed by atoms with E-state index in [9.17, 15) is 4.79 Å². The molecule has 1 aliphatic heterocycles. The highest BCUT2D eigenvalue weighted by molar-refractivity contribution is 6.35. The van der Waals surface area contributed by atoms with E-state index in [1.807, 2.05) is 19.1 Å². The number of hydrogen-bond acceptors (Lipinski definition) is 3. The van der Waals surface area contributed by atoms with Gasteiger partial charge in [0.1, 0.15) is 0 Å². The van der Waals surface area contributed by atoms with Crippen molar-refractivity contribution in [3.8, 4) is 0 Å². The minimum atomic E-state index is -0.162. The molecule has 0 bridgehead atoms. The largest absolute Gasteiger partial charge is 0.449 e. The van der Waals surface area contributed by atoms with Crippen LogP contribution >= 0.6 is 24.0 Å². The molecule has 1 aromatic carbocycles. The highest BCUT2D eigenvalue weighted by atomic mass is 35.5. The van der Waals surface area contributed by atoms with Crippen molar-refractivity contribution in [2.45, 2.75) is 19.8 Å². The Morgan fingerprint density at radius 1 is 1.50 bits per heavy atom. The van der Waals surface area contributed by atoms with E-state index in [2.05, 4.69) is 10.6 Å². The molecule has 1 unspecified atom stereocenters. The van der Waals surface area contributed by atoms with Crippen molar-refractivity contribution in [1.29, 1.82) is 0 Å². The van der Waals surface area contributed by atoms with Gasteiger partial charge in [-0.2, -0.15) is 0 Å². The van der Waals surface area contributed by atoms with Crippen molar-refractivity contribution in [2.24, 2.45) is 5.92 Å². The van der Waals surface area contributed by atoms with E-state index in [0.717, 1.165) is 30.5 Å². The predicted molar refractivity (Wildman–Crippen MR) is 91.1 cm³/mol. The third kappa shape index (κ3) is 3.40. The van der Waals surface area contributed by atoms with Crippen molar-refractivity contribution in [2.75, 3.05) is 19.6 Å². The molecule has 1 atom stereocenters. The second-order valence-corrected chi connectivity index (χ2v) is 6.00. The van der Waals surface area contributed by atoms with Crippen LogP contribution in [0.5, 0.6) is 0 Å². The summed E-state index contributed by atoms with van der Waals surface area (Å²) in [6, 6.07) is 5.55. The molecule has 120 valence electrons. The smallest absolute Gasteiger partial charge is 0.287 e. The number of furan rings is 1. The number of rotatable bonds is 3. The minimum Gasteiger partial charge on any atom is -0.449 e. The van der Waals surface area contributed by atoms with Crippen LogP contribution in [0.4, 0.5) is 0 Å². The fourth-order valence-electron chi connectivity index (χ4n) is 2.84. The second-order valence-electron chi connectivity index (χ2n) is 5.60. The summed E-state index contributed by atoms with van der Waals surface area (Å²) in [6.07, 6.45) is 2.32. The van der Waals surface area contributed by atoms with Gasteiger partial charge in [-0.1, -0.05) is 23.7 Å². The first kappa shape index (κ1) is 17.1. The van der Waals surface area contributed by atoms with Crippen molar-refractivity contribution in [3.63, 3.8) is 0 Å². The molecule has 0 saturated carbocycles. The van der Waals surface area contributed by atoms with E-state index in [1.165, 1.54) is 6.42 Å². The summed E-state index contributed by atoms with van der Waals surface area (Å²) in [5.74, 6) is 0.697. The topological polar surface area (TPSA) is 54.3 Å². The molecule has 0 radical (unpaired) electrons. The minimum absolute atomic E-state index is 0. The Labute approximate surface area is 141 Å². The third-order valence-corrected chi connectivity index (χ3v) is 4.37. The van der Waals surface area contributed by atoms with Crippen LogP contribution in [0.3, 0.4) is 0 Å². The summed E-state index contributed by atoms with van der Waals surface area (Å²) < 4.78 is 5.67. The number of halogens is 2. The predicted octanol–water partition coefficient (Wildman–Crippen LogP) is 3.55. The van der Waals surface area contributed by atoms with E-state index < -0.39 is 0 Å². The average Bonchev–Trinajstić information content (AvgIpc) is 2.85. The van der Waals surface area contributed by atoms with Gasteiger partial charge in [-0.15, -0.1) is 12.4 Å². The molecule has 1 aromatic heterocycles. The molecule has 2 N–H and O–H groups in total. The average molecular weight is 343 g/mol. The van der Waals surface area contributed by atoms with E-state index >= 15 is 0 Å². The highest BCUT2D eigenvalue weighted by Crippen LogP contribution is 2.30. The summed E-state index contributed by atoms with van der Waals surface area (Å²) in [5.41, 5.74) is 1.42. The zero-order chi connectivity index (χ0) is 14.8. The van der Waals surface area contributed by atoms with Crippen molar-refractivity contribution >= 4 is 40.9 Å². The number of hydrogen-bond donors (Lipinski definition) is 2. The lowest BCUT2D eigenvalue weighted by Gasteiger charge is -2.22. The summed E-state index contributed by atoms with van der Waals surface area (Å²) in [7, 11) is 0. The maximum absolute atomic E-state index is 12.3. The number of benzene rings is 1. The Balaban J connectivity index is 0.00000176. The van der Waals surface area contributed by atoms with Gasteiger partial charge < -0.3 is 15.1 Å². The number of carbonyl (C=O) groups excluding carboxylic acids is 1. The van der Waals surface area contributed by atoms with Crippen LogP contribution in [0.2, 0.25) is 5.02 Å². The number of carbonyl (C=O) groups is 1. The lowest BCUT2D eigenvalue weighted by atomic mass is 10.00. The normalized spacial score (nSPS) is 18.0. The van der Waals surface area contributed by atoms with Crippen LogP contribution < -0.4 is 10.6 Å². The van der Waals surface area contributed by atoms with Gasteiger partial charge in [-0.05, 0) is 44.8 Å². The van der Waals surface area contributed by atoms with Crippen LogP contribution in [-0.4, -0.2) is 25.5 Å². The van der Waals surface area contributed by atoms with Crippen LogP contribution in [-0.2, 0) is 0 Å². The molecule has 6 heteroatoms. The molecule has 0 aliphatic carbocycles. The van der Waals surface area contributed by atoms with Crippen molar-refractivity contribution in [3.05, 3.63) is 34.5 Å². The standard InChI is InChI=1S/C16H19ClN2O2.ClH/c1-10-12-5-2-6-13(17)15(12)21-14(10)16(20)19-9-11-4-3-7-18-8-11;/h2,5-6,11,18H,3-4,7-9H2,1H3,(H,19,20);1H. The number of para-hydroxylation sites is 1. The van der Waals surface area contributed by atoms with Crippen LogP contribution in [0.15, 0.2) is 22.6 Å². The summed E-state index contributed by atoms with van der Waals surface area (Å²) in [4.78, 5) is 12.3. The highest BCUT2D eigenvalue weighted by Gasteiger charge is 2.20. The molecular weight excluding hydrogens is 323 g/mol. The van der Waals surface area contributed by atoms with Gasteiger partial charge in [-0.25, -0.2) is 0 Å². The van der Waals surface area contributed by atoms with E-state index in [0.29, 0.717) is 28.8 Å². The van der Waals surface area contributed by atoms with Crippen LogP contribution in [0, 0.1) is 12.8 Å². The molecular formula is C16H20Cl2N2O2. The number of aryl methyl sites for hydroxylation is 1. The maximum Gasteiger partial charge on any atom is 0.287 e. The van der Waals surface area contributed by atoms with Gasteiger partial charge in [0.25, 0.3) is 5.91 Å². The Morgan fingerprint density at radius 2 is 2.32 bits per heavy atom. The number of nitrogens with one attached hydrogen (secondary N) is 2. The fraction of sp³-hybridized carbons (Fsp3) is 0.438. The molecule has 22 heavy (non-hydrogen) atoms. The van der Waals surface area contributed by atoms with Gasteiger partial charge >= 0.3 is 0 Å². The molecule has 4 nitrogen and oxygen atoms in total. The summed E-state index contributed by atoms with van der Waals surface area (Å²) in [6.45, 7) is 4.60. The molecule has 3 rings (SSSR count). The molecule has 1 amide bonds. The van der Waals surface area contributed by atoms with Crippen molar-refractivity contribution < 1.29 is 9.21 Å². The number of fused-ring (bicyclic) bond motifs is 1. The van der Waals surface area contributed by atoms with Gasteiger partial charge in [0.05, 0.1) is 5.02 Å². The van der Waals surface area contributed by atoms with Gasteiger partial charge in [0.15, 0.2) is 11.3 Å².